The van der Waals surface area contributed by atoms with Gasteiger partial charge in [-0.25, -0.2) is 8.42 Å². The minimum atomic E-state index is -3.17. The molecule has 0 aliphatic carbocycles. The van der Waals surface area contributed by atoms with Crippen molar-refractivity contribution in [2.75, 3.05) is 37.1 Å². The molecule has 0 saturated carbocycles. The zero-order valence-electron chi connectivity index (χ0n) is 14.1. The second kappa shape index (κ2) is 8.29. The van der Waals surface area contributed by atoms with Crippen LogP contribution < -0.4 is 5.32 Å². The van der Waals surface area contributed by atoms with Gasteiger partial charge in [-0.15, -0.1) is 0 Å². The molecule has 25 heavy (non-hydrogen) atoms. The fraction of sp³-hybridized carbons (Fsp3) is 0.500. The van der Waals surface area contributed by atoms with E-state index in [9.17, 15) is 18.0 Å². The average molecular weight is 433 g/mol. The number of hydrogen-bond donors (Lipinski definition) is 1. The maximum atomic E-state index is 12.6. The first-order valence-electron chi connectivity index (χ1n) is 7.81. The van der Waals surface area contributed by atoms with Crippen LogP contribution in [0.25, 0.3) is 0 Å². The van der Waals surface area contributed by atoms with Crippen molar-refractivity contribution in [1.82, 2.24) is 4.90 Å². The van der Waals surface area contributed by atoms with Gasteiger partial charge in [-0.2, -0.15) is 0 Å². The number of carbonyl (C=O) groups is 2. The Morgan fingerprint density at radius 2 is 2.12 bits per heavy atom. The summed E-state index contributed by atoms with van der Waals surface area (Å²) >= 11 is 3.35. The minimum absolute atomic E-state index is 0.0273. The topological polar surface area (TPSA) is 92.8 Å². The van der Waals surface area contributed by atoms with Crippen LogP contribution in [0.4, 0.5) is 5.69 Å². The van der Waals surface area contributed by atoms with Crippen LogP contribution in [-0.2, 0) is 24.2 Å². The third-order valence-corrected chi connectivity index (χ3v) is 6.42. The van der Waals surface area contributed by atoms with E-state index >= 15 is 0 Å². The SMILES string of the molecule is COCCN(C(=O)C(=O)Nc1ccc(C)cc1Br)C1CCS(=O)(=O)C1. The monoisotopic (exact) mass is 432 g/mol. The molecule has 1 aliphatic rings. The number of ether oxygens (including phenoxy) is 1. The van der Waals surface area contributed by atoms with Gasteiger partial charge in [0.1, 0.15) is 0 Å². The number of rotatable bonds is 5. The molecule has 0 bridgehead atoms. The van der Waals surface area contributed by atoms with Crippen molar-refractivity contribution in [2.45, 2.75) is 19.4 Å². The highest BCUT2D eigenvalue weighted by atomic mass is 79.9. The Morgan fingerprint density at radius 3 is 2.68 bits per heavy atom. The molecule has 7 nitrogen and oxygen atoms in total. The van der Waals surface area contributed by atoms with Gasteiger partial charge in [-0.1, -0.05) is 6.07 Å². The predicted octanol–water partition coefficient (Wildman–Crippen LogP) is 1.36. The molecule has 1 N–H and O–H groups in total. The number of halogens is 1. The molecule has 1 saturated heterocycles. The number of benzene rings is 1. The molecule has 1 fully saturated rings. The zero-order valence-corrected chi connectivity index (χ0v) is 16.5. The smallest absolute Gasteiger partial charge is 0.313 e. The van der Waals surface area contributed by atoms with Gasteiger partial charge in [0.05, 0.1) is 23.8 Å². The lowest BCUT2D eigenvalue weighted by molar-refractivity contribution is -0.144. The Morgan fingerprint density at radius 1 is 1.40 bits per heavy atom. The Kier molecular flexibility index (Phi) is 6.59. The van der Waals surface area contributed by atoms with Crippen molar-refractivity contribution >= 4 is 43.3 Å². The fourth-order valence-electron chi connectivity index (χ4n) is 2.69. The molecule has 2 amide bonds. The summed E-state index contributed by atoms with van der Waals surface area (Å²) in [5.74, 6) is -1.65. The first-order chi connectivity index (χ1) is 11.7. The number of sulfone groups is 1. The number of nitrogens with zero attached hydrogens (tertiary/aromatic N) is 1. The maximum absolute atomic E-state index is 12.6. The first-order valence-corrected chi connectivity index (χ1v) is 10.4. The van der Waals surface area contributed by atoms with Crippen molar-refractivity contribution < 1.29 is 22.7 Å². The molecule has 138 valence electrons. The molecule has 1 aromatic rings. The standard InChI is InChI=1S/C16H21BrN2O5S/c1-11-3-4-14(13(17)9-11)18-15(20)16(21)19(6-7-24-2)12-5-8-25(22,23)10-12/h3-4,9,12H,5-8,10H2,1-2H3,(H,18,20). The van der Waals surface area contributed by atoms with E-state index in [1.54, 1.807) is 6.07 Å². The van der Waals surface area contributed by atoms with E-state index in [1.807, 2.05) is 19.1 Å². The van der Waals surface area contributed by atoms with Crippen molar-refractivity contribution in [2.24, 2.45) is 0 Å². The molecule has 0 aromatic heterocycles. The van der Waals surface area contributed by atoms with Crippen LogP contribution in [-0.4, -0.2) is 62.9 Å². The second-order valence-electron chi connectivity index (χ2n) is 5.99. The van der Waals surface area contributed by atoms with Crippen molar-refractivity contribution in [3.63, 3.8) is 0 Å². The van der Waals surface area contributed by atoms with E-state index in [0.717, 1.165) is 5.56 Å². The van der Waals surface area contributed by atoms with Crippen LogP contribution in [0.1, 0.15) is 12.0 Å². The van der Waals surface area contributed by atoms with Gasteiger partial charge in [0, 0.05) is 24.2 Å². The lowest BCUT2D eigenvalue weighted by atomic mass is 10.2. The van der Waals surface area contributed by atoms with Crippen LogP contribution in [0.3, 0.4) is 0 Å². The summed E-state index contributed by atoms with van der Waals surface area (Å²) in [6, 6.07) is 4.84. The fourth-order valence-corrected chi connectivity index (χ4v) is 5.01. The number of anilines is 1. The Hall–Kier alpha value is -1.45. The molecule has 0 radical (unpaired) electrons. The molecule has 1 aliphatic heterocycles. The van der Waals surface area contributed by atoms with E-state index < -0.39 is 27.7 Å². The molecule has 9 heteroatoms. The van der Waals surface area contributed by atoms with E-state index in [1.165, 1.54) is 12.0 Å². The quantitative estimate of drug-likeness (QED) is 0.708. The summed E-state index contributed by atoms with van der Waals surface area (Å²) in [5, 5.41) is 2.57. The zero-order chi connectivity index (χ0) is 18.6. The van der Waals surface area contributed by atoms with E-state index in [-0.39, 0.29) is 24.7 Å². The van der Waals surface area contributed by atoms with Gasteiger partial charge < -0.3 is 15.0 Å². The molecule has 0 spiro atoms. The summed E-state index contributed by atoms with van der Waals surface area (Å²) < 4.78 is 29.1. The van der Waals surface area contributed by atoms with Gasteiger partial charge in [0.2, 0.25) is 0 Å². The summed E-state index contributed by atoms with van der Waals surface area (Å²) in [7, 11) is -1.69. The molecule has 1 aromatic carbocycles. The highest BCUT2D eigenvalue weighted by Gasteiger charge is 2.36. The number of methoxy groups -OCH3 is 1. The number of aryl methyl sites for hydroxylation is 1. The largest absolute Gasteiger partial charge is 0.383 e. The summed E-state index contributed by atoms with van der Waals surface area (Å²) in [6.07, 6.45) is 0.333. The summed E-state index contributed by atoms with van der Waals surface area (Å²) in [4.78, 5) is 26.2. The van der Waals surface area contributed by atoms with Gasteiger partial charge in [0.25, 0.3) is 0 Å². The highest BCUT2D eigenvalue weighted by molar-refractivity contribution is 9.10. The minimum Gasteiger partial charge on any atom is -0.383 e. The normalized spacial score (nSPS) is 18.8. The molecule has 2 rings (SSSR count). The van der Waals surface area contributed by atoms with E-state index in [2.05, 4.69) is 21.2 Å². The number of hydrogen-bond acceptors (Lipinski definition) is 5. The van der Waals surface area contributed by atoms with Gasteiger partial charge in [0.15, 0.2) is 9.84 Å². The third-order valence-electron chi connectivity index (χ3n) is 4.01. The van der Waals surface area contributed by atoms with Crippen LogP contribution in [0, 0.1) is 6.92 Å². The molecular formula is C16H21BrN2O5S. The Balaban J connectivity index is 2.13. The number of carbonyl (C=O) groups excluding carboxylic acids is 2. The number of nitrogens with one attached hydrogen (secondary N) is 1. The van der Waals surface area contributed by atoms with Gasteiger partial charge in [-0.05, 0) is 47.0 Å². The average Bonchev–Trinajstić information content (AvgIpc) is 2.90. The lowest BCUT2D eigenvalue weighted by Gasteiger charge is -2.27. The van der Waals surface area contributed by atoms with Crippen LogP contribution >= 0.6 is 15.9 Å². The number of amides is 2. The van der Waals surface area contributed by atoms with E-state index in [0.29, 0.717) is 16.6 Å². The predicted molar refractivity (Wildman–Crippen MR) is 98.2 cm³/mol. The van der Waals surface area contributed by atoms with Crippen LogP contribution in [0.15, 0.2) is 22.7 Å². The first kappa shape index (κ1) is 19.9. The second-order valence-corrected chi connectivity index (χ2v) is 9.07. The van der Waals surface area contributed by atoms with Crippen molar-refractivity contribution in [1.29, 1.82) is 0 Å². The van der Waals surface area contributed by atoms with Crippen molar-refractivity contribution in [3.05, 3.63) is 28.2 Å². The summed E-state index contributed by atoms with van der Waals surface area (Å²) in [5.41, 5.74) is 1.49. The molecule has 1 heterocycles. The lowest BCUT2D eigenvalue weighted by Crippen LogP contribution is -2.48. The molecular weight excluding hydrogens is 412 g/mol. The Bertz CT molecular complexity index is 766. The summed E-state index contributed by atoms with van der Waals surface area (Å²) in [6.45, 7) is 2.30. The van der Waals surface area contributed by atoms with Gasteiger partial charge in [-0.3, -0.25) is 9.59 Å². The molecule has 1 unspecified atom stereocenters. The molecule has 1 atom stereocenters. The van der Waals surface area contributed by atoms with Gasteiger partial charge >= 0.3 is 11.8 Å². The Labute approximate surface area is 155 Å². The van der Waals surface area contributed by atoms with Crippen LogP contribution in [0.5, 0.6) is 0 Å². The van der Waals surface area contributed by atoms with Crippen molar-refractivity contribution in [3.8, 4) is 0 Å². The van der Waals surface area contributed by atoms with E-state index in [4.69, 9.17) is 4.74 Å². The van der Waals surface area contributed by atoms with Crippen LogP contribution in [0.2, 0.25) is 0 Å². The maximum Gasteiger partial charge on any atom is 0.313 e. The highest BCUT2D eigenvalue weighted by Crippen LogP contribution is 2.24. The third kappa shape index (κ3) is 5.26.